The topological polar surface area (TPSA) is 75.7 Å². The number of ether oxygens (including phenoxy) is 1. The Labute approximate surface area is 193 Å². The molecule has 11 heteroatoms. The summed E-state index contributed by atoms with van der Waals surface area (Å²) in [5.41, 5.74) is -0.456. The van der Waals surface area contributed by atoms with E-state index in [1.807, 2.05) is 6.92 Å². The molecule has 1 amide bonds. The molecule has 0 aliphatic heterocycles. The highest BCUT2D eigenvalue weighted by Crippen LogP contribution is 2.33. The van der Waals surface area contributed by atoms with Gasteiger partial charge in [0.05, 0.1) is 16.1 Å². The molecule has 1 N–H and O–H groups in total. The normalized spacial score (nSPS) is 11.7. The Morgan fingerprint density at radius 3 is 2.21 bits per heavy atom. The first-order valence-electron chi connectivity index (χ1n) is 9.83. The van der Waals surface area contributed by atoms with Crippen LogP contribution in [0.25, 0.3) is 0 Å². The Kier molecular flexibility index (Phi) is 7.15. The van der Waals surface area contributed by atoms with Gasteiger partial charge in [0.1, 0.15) is 11.6 Å². The van der Waals surface area contributed by atoms with Crippen LogP contribution in [-0.4, -0.2) is 28.0 Å². The van der Waals surface area contributed by atoms with Gasteiger partial charge in [-0.3, -0.25) is 9.10 Å². The van der Waals surface area contributed by atoms with E-state index in [1.54, 1.807) is 12.1 Å². The molecule has 0 radical (unpaired) electrons. The summed E-state index contributed by atoms with van der Waals surface area (Å²) in [7, 11) is -2.38. The molecular weight excluding hydrogens is 476 g/mol. The first-order chi connectivity index (χ1) is 15.9. The van der Waals surface area contributed by atoms with E-state index in [9.17, 15) is 30.8 Å². The standard InChI is InChI=1S/C23H20F4N2O4S/c1-15-3-10-19(11-4-15)34(31,32)29(2)17-6-8-18(9-7-17)33-14-22(30)28-16-5-12-21(24)20(13-16)23(25,26)27/h3-13H,14H2,1-2H3,(H,28,30). The summed E-state index contributed by atoms with van der Waals surface area (Å²) in [5.74, 6) is -1.98. The van der Waals surface area contributed by atoms with Gasteiger partial charge < -0.3 is 10.1 Å². The number of alkyl halides is 3. The Hall–Kier alpha value is -3.60. The van der Waals surface area contributed by atoms with Gasteiger partial charge in [-0.15, -0.1) is 0 Å². The molecule has 180 valence electrons. The van der Waals surface area contributed by atoms with Crippen LogP contribution in [-0.2, 0) is 21.0 Å². The van der Waals surface area contributed by atoms with E-state index in [4.69, 9.17) is 4.74 Å². The van der Waals surface area contributed by atoms with Gasteiger partial charge in [-0.1, -0.05) is 17.7 Å². The first-order valence-corrected chi connectivity index (χ1v) is 11.3. The Morgan fingerprint density at radius 1 is 1.00 bits per heavy atom. The number of aryl methyl sites for hydroxylation is 1. The van der Waals surface area contributed by atoms with Crippen molar-refractivity contribution < 1.29 is 35.5 Å². The van der Waals surface area contributed by atoms with Crippen molar-refractivity contribution in [2.24, 2.45) is 0 Å². The lowest BCUT2D eigenvalue weighted by Crippen LogP contribution is -2.26. The molecule has 0 spiro atoms. The van der Waals surface area contributed by atoms with Crippen molar-refractivity contribution in [3.8, 4) is 5.75 Å². The predicted molar refractivity (Wildman–Crippen MR) is 119 cm³/mol. The number of carbonyl (C=O) groups is 1. The number of benzene rings is 3. The molecule has 0 heterocycles. The molecule has 34 heavy (non-hydrogen) atoms. The molecule has 0 bridgehead atoms. The number of hydrogen-bond donors (Lipinski definition) is 1. The lowest BCUT2D eigenvalue weighted by Gasteiger charge is -2.20. The summed E-state index contributed by atoms with van der Waals surface area (Å²) >= 11 is 0. The third-order valence-electron chi connectivity index (χ3n) is 4.81. The zero-order valence-electron chi connectivity index (χ0n) is 18.1. The number of hydrogen-bond acceptors (Lipinski definition) is 4. The first kappa shape index (κ1) is 25.0. The third kappa shape index (κ3) is 5.84. The summed E-state index contributed by atoms with van der Waals surface area (Å²) in [6, 6.07) is 14.4. The quantitative estimate of drug-likeness (QED) is 0.468. The van der Waals surface area contributed by atoms with Crippen LogP contribution in [0, 0.1) is 12.7 Å². The number of sulfonamides is 1. The van der Waals surface area contributed by atoms with E-state index < -0.39 is 40.1 Å². The summed E-state index contributed by atoms with van der Waals surface area (Å²) in [6.45, 7) is 1.31. The van der Waals surface area contributed by atoms with Crippen LogP contribution in [0.4, 0.5) is 28.9 Å². The average Bonchev–Trinajstić information content (AvgIpc) is 2.78. The fourth-order valence-corrected chi connectivity index (χ4v) is 4.12. The number of halogens is 4. The lowest BCUT2D eigenvalue weighted by atomic mass is 10.2. The third-order valence-corrected chi connectivity index (χ3v) is 6.60. The minimum Gasteiger partial charge on any atom is -0.484 e. The van der Waals surface area contributed by atoms with Gasteiger partial charge in [-0.25, -0.2) is 12.8 Å². The number of anilines is 2. The maximum absolute atomic E-state index is 13.3. The number of nitrogens with one attached hydrogen (secondary N) is 1. The van der Waals surface area contributed by atoms with Crippen LogP contribution in [0.5, 0.6) is 5.75 Å². The van der Waals surface area contributed by atoms with Crippen molar-refractivity contribution in [3.05, 3.63) is 83.7 Å². The van der Waals surface area contributed by atoms with Gasteiger partial charge in [-0.05, 0) is 61.5 Å². The number of amides is 1. The molecule has 0 saturated heterocycles. The zero-order valence-corrected chi connectivity index (χ0v) is 18.9. The SMILES string of the molecule is Cc1ccc(S(=O)(=O)N(C)c2ccc(OCC(=O)Nc3ccc(F)c(C(F)(F)F)c3)cc2)cc1. The summed E-state index contributed by atoms with van der Waals surface area (Å²) in [4.78, 5) is 12.2. The minimum absolute atomic E-state index is 0.132. The van der Waals surface area contributed by atoms with Crippen molar-refractivity contribution in [3.63, 3.8) is 0 Å². The fourth-order valence-electron chi connectivity index (χ4n) is 2.93. The van der Waals surface area contributed by atoms with Crippen molar-refractivity contribution in [1.82, 2.24) is 0 Å². The summed E-state index contributed by atoms with van der Waals surface area (Å²) in [5, 5.41) is 2.21. The molecule has 0 unspecified atom stereocenters. The lowest BCUT2D eigenvalue weighted by molar-refractivity contribution is -0.140. The van der Waals surface area contributed by atoms with Crippen molar-refractivity contribution in [2.75, 3.05) is 23.3 Å². The molecule has 3 aromatic carbocycles. The summed E-state index contributed by atoms with van der Waals surface area (Å²) < 4.78 is 83.7. The van der Waals surface area contributed by atoms with Crippen molar-refractivity contribution >= 4 is 27.3 Å². The van der Waals surface area contributed by atoms with E-state index in [0.717, 1.165) is 15.9 Å². The maximum Gasteiger partial charge on any atom is 0.419 e. The van der Waals surface area contributed by atoms with Crippen LogP contribution in [0.2, 0.25) is 0 Å². The van der Waals surface area contributed by atoms with Crippen molar-refractivity contribution in [1.29, 1.82) is 0 Å². The van der Waals surface area contributed by atoms with E-state index in [2.05, 4.69) is 5.32 Å². The van der Waals surface area contributed by atoms with Gasteiger partial charge in [0.15, 0.2) is 6.61 Å². The summed E-state index contributed by atoms with van der Waals surface area (Å²) in [6.07, 6.45) is -4.90. The Balaban J connectivity index is 1.62. The molecule has 0 aromatic heterocycles. The van der Waals surface area contributed by atoms with Crippen molar-refractivity contribution in [2.45, 2.75) is 18.0 Å². The van der Waals surface area contributed by atoms with Gasteiger partial charge >= 0.3 is 6.18 Å². The largest absolute Gasteiger partial charge is 0.484 e. The number of carbonyl (C=O) groups excluding carboxylic acids is 1. The van der Waals surface area contributed by atoms with Crippen LogP contribution in [0.15, 0.2) is 71.6 Å². The second kappa shape index (κ2) is 9.72. The van der Waals surface area contributed by atoms with Gasteiger partial charge in [0.25, 0.3) is 15.9 Å². The van der Waals surface area contributed by atoms with Gasteiger partial charge in [0, 0.05) is 12.7 Å². The Morgan fingerprint density at radius 2 is 1.62 bits per heavy atom. The van der Waals surface area contributed by atoms with Gasteiger partial charge in [-0.2, -0.15) is 13.2 Å². The Bertz CT molecular complexity index is 1280. The monoisotopic (exact) mass is 496 g/mol. The van der Waals surface area contributed by atoms with E-state index in [0.29, 0.717) is 17.8 Å². The van der Waals surface area contributed by atoms with Crippen LogP contribution in [0.1, 0.15) is 11.1 Å². The van der Waals surface area contributed by atoms with E-state index >= 15 is 0 Å². The fraction of sp³-hybridized carbons (Fsp3) is 0.174. The average molecular weight is 496 g/mol. The number of rotatable bonds is 7. The molecule has 3 rings (SSSR count). The molecule has 3 aromatic rings. The molecule has 0 saturated carbocycles. The highest BCUT2D eigenvalue weighted by atomic mass is 32.2. The van der Waals surface area contributed by atoms with Crippen LogP contribution in [0.3, 0.4) is 0 Å². The highest BCUT2D eigenvalue weighted by molar-refractivity contribution is 7.92. The number of nitrogens with zero attached hydrogens (tertiary/aromatic N) is 1. The van der Waals surface area contributed by atoms with E-state index in [-0.39, 0.29) is 16.3 Å². The highest BCUT2D eigenvalue weighted by Gasteiger charge is 2.34. The molecular formula is C23H20F4N2O4S. The van der Waals surface area contributed by atoms with Crippen LogP contribution >= 0.6 is 0 Å². The molecule has 6 nitrogen and oxygen atoms in total. The van der Waals surface area contributed by atoms with Crippen LogP contribution < -0.4 is 14.4 Å². The van der Waals surface area contributed by atoms with Gasteiger partial charge in [0.2, 0.25) is 0 Å². The molecule has 0 fully saturated rings. The predicted octanol–water partition coefficient (Wildman–Crippen LogP) is 5.00. The molecule has 0 atom stereocenters. The smallest absolute Gasteiger partial charge is 0.419 e. The second-order valence-corrected chi connectivity index (χ2v) is 9.28. The second-order valence-electron chi connectivity index (χ2n) is 7.31. The molecule has 0 aliphatic carbocycles. The minimum atomic E-state index is -4.90. The zero-order chi connectivity index (χ0) is 25.1. The molecule has 0 aliphatic rings. The maximum atomic E-state index is 13.3. The van der Waals surface area contributed by atoms with E-state index in [1.165, 1.54) is 43.4 Å².